The molecule has 1 amide bonds. The number of carbonyl (C=O) groups is 1. The lowest BCUT2D eigenvalue weighted by Gasteiger charge is -2.10. The number of rotatable bonds is 7. The number of methoxy groups -OCH3 is 2. The van der Waals surface area contributed by atoms with Gasteiger partial charge in [-0.1, -0.05) is 17.7 Å². The first kappa shape index (κ1) is 17.0. The lowest BCUT2D eigenvalue weighted by Crippen LogP contribution is -2.28. The molecule has 0 atom stereocenters. The third-order valence-corrected chi connectivity index (χ3v) is 3.33. The average Bonchev–Trinajstić information content (AvgIpc) is 2.58. The zero-order valence-corrected chi connectivity index (χ0v) is 13.7. The van der Waals surface area contributed by atoms with Crippen molar-refractivity contribution in [1.82, 2.24) is 5.32 Å². The molecule has 23 heavy (non-hydrogen) atoms. The van der Waals surface area contributed by atoms with Crippen molar-refractivity contribution in [2.75, 3.05) is 27.4 Å². The number of ether oxygens (including phenoxy) is 3. The van der Waals surface area contributed by atoms with E-state index >= 15 is 0 Å². The highest BCUT2D eigenvalue weighted by Crippen LogP contribution is 2.27. The van der Waals surface area contributed by atoms with Crippen molar-refractivity contribution in [3.05, 3.63) is 53.1 Å². The Morgan fingerprint density at radius 1 is 1.09 bits per heavy atom. The summed E-state index contributed by atoms with van der Waals surface area (Å²) in [6.07, 6.45) is 0. The van der Waals surface area contributed by atoms with Crippen molar-refractivity contribution >= 4 is 17.5 Å². The summed E-state index contributed by atoms with van der Waals surface area (Å²) in [4.78, 5) is 12.1. The fraction of sp³-hybridized carbons (Fsp3) is 0.235. The molecule has 0 unspecified atom stereocenters. The number of amides is 1. The van der Waals surface area contributed by atoms with Crippen LogP contribution < -0.4 is 19.5 Å². The van der Waals surface area contributed by atoms with Gasteiger partial charge in [-0.2, -0.15) is 0 Å². The molecule has 0 saturated carbocycles. The summed E-state index contributed by atoms with van der Waals surface area (Å²) in [7, 11) is 3.07. The number of carbonyl (C=O) groups excluding carboxylic acids is 1. The van der Waals surface area contributed by atoms with Gasteiger partial charge in [0.05, 0.1) is 20.8 Å². The fourth-order valence-corrected chi connectivity index (χ4v) is 2.15. The van der Waals surface area contributed by atoms with E-state index in [0.717, 1.165) is 0 Å². The van der Waals surface area contributed by atoms with Crippen LogP contribution in [0.2, 0.25) is 5.02 Å². The van der Waals surface area contributed by atoms with Crippen LogP contribution in [0, 0.1) is 0 Å². The Hall–Kier alpha value is -2.40. The van der Waals surface area contributed by atoms with Crippen molar-refractivity contribution in [2.45, 2.75) is 0 Å². The Balaban J connectivity index is 1.85. The van der Waals surface area contributed by atoms with Crippen LogP contribution in [-0.4, -0.2) is 33.3 Å². The first-order valence-corrected chi connectivity index (χ1v) is 7.40. The van der Waals surface area contributed by atoms with E-state index < -0.39 is 0 Å². The van der Waals surface area contributed by atoms with E-state index in [1.165, 1.54) is 7.11 Å². The van der Waals surface area contributed by atoms with Crippen LogP contribution in [0.15, 0.2) is 42.5 Å². The van der Waals surface area contributed by atoms with Gasteiger partial charge in [0.1, 0.15) is 12.4 Å². The van der Waals surface area contributed by atoms with E-state index in [1.54, 1.807) is 43.5 Å². The molecule has 0 saturated heterocycles. The molecule has 0 aliphatic rings. The molecule has 6 heteroatoms. The minimum absolute atomic E-state index is 0.208. The molecule has 2 rings (SSSR count). The number of hydrogen-bond donors (Lipinski definition) is 1. The van der Waals surface area contributed by atoms with E-state index in [2.05, 4.69) is 5.32 Å². The molecule has 1 N–H and O–H groups in total. The Bertz CT molecular complexity index is 675. The summed E-state index contributed by atoms with van der Waals surface area (Å²) in [5, 5.41) is 3.39. The zero-order chi connectivity index (χ0) is 16.7. The van der Waals surface area contributed by atoms with E-state index in [4.69, 9.17) is 25.8 Å². The SMILES string of the molecule is COc1ccc(C(=O)NCCOc2cccc(Cl)c2)cc1OC. The van der Waals surface area contributed by atoms with Crippen molar-refractivity contribution < 1.29 is 19.0 Å². The predicted octanol–water partition coefficient (Wildman–Crippen LogP) is 3.17. The molecule has 0 heterocycles. The van der Waals surface area contributed by atoms with Crippen LogP contribution in [0.1, 0.15) is 10.4 Å². The monoisotopic (exact) mass is 335 g/mol. The largest absolute Gasteiger partial charge is 0.493 e. The molecule has 0 aliphatic carbocycles. The lowest BCUT2D eigenvalue weighted by molar-refractivity contribution is 0.0946. The summed E-state index contributed by atoms with van der Waals surface area (Å²) < 4.78 is 15.8. The highest BCUT2D eigenvalue weighted by Gasteiger charge is 2.10. The fourth-order valence-electron chi connectivity index (χ4n) is 1.97. The first-order valence-electron chi connectivity index (χ1n) is 7.02. The molecular weight excluding hydrogens is 318 g/mol. The molecular formula is C17H18ClNO4. The summed E-state index contributed by atoms with van der Waals surface area (Å²) in [5.74, 6) is 1.54. The summed E-state index contributed by atoms with van der Waals surface area (Å²) in [6.45, 7) is 0.721. The minimum atomic E-state index is -0.208. The van der Waals surface area contributed by atoms with Crippen molar-refractivity contribution in [2.24, 2.45) is 0 Å². The Morgan fingerprint density at radius 2 is 1.87 bits per heavy atom. The van der Waals surface area contributed by atoms with Crippen molar-refractivity contribution in [3.63, 3.8) is 0 Å². The van der Waals surface area contributed by atoms with Gasteiger partial charge < -0.3 is 19.5 Å². The second-order valence-electron chi connectivity index (χ2n) is 4.63. The van der Waals surface area contributed by atoms with Gasteiger partial charge in [-0.3, -0.25) is 4.79 Å². The quantitative estimate of drug-likeness (QED) is 0.790. The molecule has 0 bridgehead atoms. The number of nitrogens with one attached hydrogen (secondary N) is 1. The Kier molecular flexibility index (Phi) is 6.11. The van der Waals surface area contributed by atoms with Crippen LogP contribution in [0.5, 0.6) is 17.2 Å². The maximum atomic E-state index is 12.1. The van der Waals surface area contributed by atoms with Crippen LogP contribution >= 0.6 is 11.6 Å². The van der Waals surface area contributed by atoms with Gasteiger partial charge in [0.15, 0.2) is 11.5 Å². The second-order valence-corrected chi connectivity index (χ2v) is 5.07. The highest BCUT2D eigenvalue weighted by atomic mass is 35.5. The maximum absolute atomic E-state index is 12.1. The van der Waals surface area contributed by atoms with Gasteiger partial charge in [0, 0.05) is 10.6 Å². The maximum Gasteiger partial charge on any atom is 0.251 e. The van der Waals surface area contributed by atoms with Crippen LogP contribution in [0.3, 0.4) is 0 Å². The highest BCUT2D eigenvalue weighted by molar-refractivity contribution is 6.30. The van der Waals surface area contributed by atoms with Gasteiger partial charge in [-0.15, -0.1) is 0 Å². The molecule has 2 aromatic rings. The van der Waals surface area contributed by atoms with E-state index in [1.807, 2.05) is 6.07 Å². The van der Waals surface area contributed by atoms with Crippen molar-refractivity contribution in [1.29, 1.82) is 0 Å². The van der Waals surface area contributed by atoms with E-state index in [9.17, 15) is 4.79 Å². The third-order valence-electron chi connectivity index (χ3n) is 3.10. The number of halogens is 1. The van der Waals surface area contributed by atoms with Crippen LogP contribution in [0.4, 0.5) is 0 Å². The third kappa shape index (κ3) is 4.79. The first-order chi connectivity index (χ1) is 11.1. The van der Waals surface area contributed by atoms with E-state index in [0.29, 0.717) is 41.0 Å². The topological polar surface area (TPSA) is 56.8 Å². The van der Waals surface area contributed by atoms with E-state index in [-0.39, 0.29) is 5.91 Å². The normalized spacial score (nSPS) is 10.0. The number of benzene rings is 2. The minimum Gasteiger partial charge on any atom is -0.493 e. The smallest absolute Gasteiger partial charge is 0.251 e. The lowest BCUT2D eigenvalue weighted by atomic mass is 10.2. The van der Waals surface area contributed by atoms with Gasteiger partial charge in [-0.05, 0) is 36.4 Å². The van der Waals surface area contributed by atoms with Crippen molar-refractivity contribution in [3.8, 4) is 17.2 Å². The molecule has 0 radical (unpaired) electrons. The van der Waals surface area contributed by atoms with Gasteiger partial charge in [-0.25, -0.2) is 0 Å². The van der Waals surface area contributed by atoms with Gasteiger partial charge >= 0.3 is 0 Å². The van der Waals surface area contributed by atoms with Gasteiger partial charge in [0.25, 0.3) is 5.91 Å². The standard InChI is InChI=1S/C17H18ClNO4/c1-21-15-7-6-12(10-16(15)22-2)17(20)19-8-9-23-14-5-3-4-13(18)11-14/h3-7,10-11H,8-9H2,1-2H3,(H,19,20). The van der Waals surface area contributed by atoms with Crippen LogP contribution in [-0.2, 0) is 0 Å². The molecule has 0 spiro atoms. The predicted molar refractivity (Wildman–Crippen MR) is 88.8 cm³/mol. The zero-order valence-electron chi connectivity index (χ0n) is 13.0. The average molecular weight is 336 g/mol. The molecule has 0 aliphatic heterocycles. The molecule has 2 aromatic carbocycles. The number of hydrogen-bond acceptors (Lipinski definition) is 4. The molecule has 0 fully saturated rings. The Labute approximate surface area is 140 Å². The van der Waals surface area contributed by atoms with Crippen LogP contribution in [0.25, 0.3) is 0 Å². The second kappa shape index (κ2) is 8.29. The summed E-state index contributed by atoms with van der Waals surface area (Å²) in [6, 6.07) is 12.1. The molecule has 0 aromatic heterocycles. The summed E-state index contributed by atoms with van der Waals surface area (Å²) in [5.41, 5.74) is 0.491. The Morgan fingerprint density at radius 3 is 2.57 bits per heavy atom. The summed E-state index contributed by atoms with van der Waals surface area (Å²) >= 11 is 5.87. The molecule has 122 valence electrons. The van der Waals surface area contributed by atoms with Gasteiger partial charge in [0.2, 0.25) is 0 Å². The molecule has 5 nitrogen and oxygen atoms in total.